The Kier molecular flexibility index (Phi) is 4.96. The lowest BCUT2D eigenvalue weighted by Crippen LogP contribution is -2.35. The Morgan fingerprint density at radius 3 is 3.05 bits per heavy atom. The van der Waals surface area contributed by atoms with Gasteiger partial charge < -0.3 is 14.6 Å². The average Bonchev–Trinajstić information content (AvgIpc) is 2.41. The van der Waals surface area contributed by atoms with Gasteiger partial charge in [0.15, 0.2) is 0 Å². The molecule has 1 saturated heterocycles. The van der Waals surface area contributed by atoms with Crippen molar-refractivity contribution in [3.8, 4) is 5.88 Å². The maximum Gasteiger partial charge on any atom is 0.313 e. The minimum atomic E-state index is -0.144. The summed E-state index contributed by atoms with van der Waals surface area (Å²) < 4.78 is 7.19. The third-order valence-electron chi connectivity index (χ3n) is 3.51. The van der Waals surface area contributed by atoms with Crippen LogP contribution in [-0.2, 0) is 0 Å². The Labute approximate surface area is 114 Å². The highest BCUT2D eigenvalue weighted by atomic mass is 16.5. The Hall–Kier alpha value is -1.36. The van der Waals surface area contributed by atoms with Crippen LogP contribution in [-0.4, -0.2) is 28.7 Å². The molecule has 1 aliphatic rings. The van der Waals surface area contributed by atoms with Gasteiger partial charge in [0.2, 0.25) is 0 Å². The lowest BCUT2D eigenvalue weighted by molar-refractivity contribution is 0.255. The first-order valence-corrected chi connectivity index (χ1v) is 7.12. The summed E-state index contributed by atoms with van der Waals surface area (Å²) in [7, 11) is 0. The van der Waals surface area contributed by atoms with Crippen LogP contribution in [0.15, 0.2) is 17.2 Å². The molecule has 2 rings (SSSR count). The summed E-state index contributed by atoms with van der Waals surface area (Å²) in [5.74, 6) is 0.215. The molecule has 0 bridgehead atoms. The van der Waals surface area contributed by atoms with Gasteiger partial charge in [0.05, 0.1) is 6.61 Å². The maximum atomic E-state index is 12.1. The highest BCUT2D eigenvalue weighted by Crippen LogP contribution is 2.10. The van der Waals surface area contributed by atoms with E-state index in [1.807, 2.05) is 13.8 Å². The molecule has 1 N–H and O–H groups in total. The van der Waals surface area contributed by atoms with E-state index in [9.17, 15) is 4.79 Å². The van der Waals surface area contributed by atoms with Crippen LogP contribution < -0.4 is 15.6 Å². The van der Waals surface area contributed by atoms with E-state index in [-0.39, 0.29) is 17.5 Å². The molecule has 19 heavy (non-hydrogen) atoms. The van der Waals surface area contributed by atoms with Crippen LogP contribution in [0.5, 0.6) is 5.88 Å². The van der Waals surface area contributed by atoms with E-state index in [1.165, 1.54) is 19.3 Å². The molecule has 0 radical (unpaired) electrons. The number of hydrogen-bond donors (Lipinski definition) is 1. The van der Waals surface area contributed by atoms with E-state index < -0.39 is 0 Å². The van der Waals surface area contributed by atoms with Crippen molar-refractivity contribution < 1.29 is 4.74 Å². The fraction of sp³-hybridized carbons (Fsp3) is 0.714. The van der Waals surface area contributed by atoms with E-state index >= 15 is 0 Å². The highest BCUT2D eigenvalue weighted by Gasteiger charge is 2.13. The van der Waals surface area contributed by atoms with Crippen LogP contribution in [0.4, 0.5) is 0 Å². The minimum Gasteiger partial charge on any atom is -0.474 e. The van der Waals surface area contributed by atoms with Crippen molar-refractivity contribution in [2.24, 2.45) is 0 Å². The average molecular weight is 265 g/mol. The van der Waals surface area contributed by atoms with Gasteiger partial charge >= 0.3 is 5.56 Å². The minimum absolute atomic E-state index is 0.123. The normalized spacial score (nSPS) is 19.6. The SMILES string of the molecule is CC(C)n1ccnc(OCCC2CCCCN2)c1=O. The maximum absolute atomic E-state index is 12.1. The lowest BCUT2D eigenvalue weighted by Gasteiger charge is -2.23. The van der Waals surface area contributed by atoms with Crippen molar-refractivity contribution in [3.63, 3.8) is 0 Å². The third-order valence-corrected chi connectivity index (χ3v) is 3.51. The second-order valence-electron chi connectivity index (χ2n) is 5.32. The number of nitrogens with one attached hydrogen (secondary N) is 1. The van der Waals surface area contributed by atoms with Gasteiger partial charge in [0.1, 0.15) is 0 Å². The quantitative estimate of drug-likeness (QED) is 0.881. The van der Waals surface area contributed by atoms with Crippen LogP contribution in [0.3, 0.4) is 0 Å². The zero-order valence-corrected chi connectivity index (χ0v) is 11.8. The Morgan fingerprint density at radius 1 is 1.53 bits per heavy atom. The molecule has 1 aliphatic heterocycles. The number of aromatic nitrogens is 2. The smallest absolute Gasteiger partial charge is 0.313 e. The topological polar surface area (TPSA) is 56.1 Å². The van der Waals surface area contributed by atoms with Crippen molar-refractivity contribution >= 4 is 0 Å². The number of nitrogens with zero attached hydrogens (tertiary/aromatic N) is 2. The molecule has 0 aromatic carbocycles. The summed E-state index contributed by atoms with van der Waals surface area (Å²) in [5, 5.41) is 3.47. The predicted molar refractivity (Wildman–Crippen MR) is 74.6 cm³/mol. The summed E-state index contributed by atoms with van der Waals surface area (Å²) in [5.41, 5.74) is -0.144. The van der Waals surface area contributed by atoms with Gasteiger partial charge in [-0.25, -0.2) is 4.98 Å². The molecule has 0 saturated carbocycles. The molecule has 5 heteroatoms. The first-order chi connectivity index (χ1) is 9.18. The summed E-state index contributed by atoms with van der Waals surface area (Å²) in [4.78, 5) is 16.1. The Balaban J connectivity index is 1.89. The van der Waals surface area contributed by atoms with Gasteiger partial charge in [-0.3, -0.25) is 4.79 Å². The molecule has 1 aromatic heterocycles. The van der Waals surface area contributed by atoms with Crippen LogP contribution >= 0.6 is 0 Å². The molecular weight excluding hydrogens is 242 g/mol. The van der Waals surface area contributed by atoms with Crippen molar-refractivity contribution in [1.82, 2.24) is 14.9 Å². The van der Waals surface area contributed by atoms with Crippen LogP contribution in [0, 0.1) is 0 Å². The van der Waals surface area contributed by atoms with Gasteiger partial charge in [-0.2, -0.15) is 0 Å². The number of ether oxygens (including phenoxy) is 1. The van der Waals surface area contributed by atoms with Crippen LogP contribution in [0.2, 0.25) is 0 Å². The summed E-state index contributed by atoms with van der Waals surface area (Å²) in [6.45, 7) is 5.57. The van der Waals surface area contributed by atoms with Crippen LogP contribution in [0.25, 0.3) is 0 Å². The zero-order valence-electron chi connectivity index (χ0n) is 11.8. The Bertz CT molecular complexity index is 450. The van der Waals surface area contributed by atoms with E-state index in [4.69, 9.17) is 4.74 Å². The molecular formula is C14H23N3O2. The number of piperidine rings is 1. The predicted octanol–water partition coefficient (Wildman–Crippen LogP) is 1.74. The molecule has 0 aliphatic carbocycles. The van der Waals surface area contributed by atoms with E-state index in [0.29, 0.717) is 12.6 Å². The largest absolute Gasteiger partial charge is 0.474 e. The van der Waals surface area contributed by atoms with Crippen molar-refractivity contribution in [2.75, 3.05) is 13.2 Å². The molecule has 1 atom stereocenters. The van der Waals surface area contributed by atoms with Crippen molar-refractivity contribution in [3.05, 3.63) is 22.7 Å². The Morgan fingerprint density at radius 2 is 2.37 bits per heavy atom. The summed E-state index contributed by atoms with van der Waals surface area (Å²) >= 11 is 0. The van der Waals surface area contributed by atoms with E-state index in [0.717, 1.165) is 13.0 Å². The van der Waals surface area contributed by atoms with Gasteiger partial charge in [-0.15, -0.1) is 0 Å². The highest BCUT2D eigenvalue weighted by molar-refractivity contribution is 5.05. The first-order valence-electron chi connectivity index (χ1n) is 7.12. The second-order valence-corrected chi connectivity index (χ2v) is 5.32. The molecule has 1 unspecified atom stereocenters. The summed E-state index contributed by atoms with van der Waals surface area (Å²) in [6, 6.07) is 0.641. The van der Waals surface area contributed by atoms with Gasteiger partial charge in [-0.1, -0.05) is 6.42 Å². The third kappa shape index (κ3) is 3.80. The fourth-order valence-electron chi connectivity index (χ4n) is 2.38. The lowest BCUT2D eigenvalue weighted by atomic mass is 10.0. The fourth-order valence-corrected chi connectivity index (χ4v) is 2.38. The number of rotatable bonds is 5. The molecule has 0 spiro atoms. The molecule has 0 amide bonds. The standard InChI is InChI=1S/C14H23N3O2/c1-11(2)17-9-8-16-13(14(17)18)19-10-6-12-5-3-4-7-15-12/h8-9,11-12,15H,3-7,10H2,1-2H3. The molecule has 1 fully saturated rings. The second kappa shape index (κ2) is 6.70. The van der Waals surface area contributed by atoms with Gasteiger partial charge in [0.25, 0.3) is 5.88 Å². The summed E-state index contributed by atoms with van der Waals surface area (Å²) in [6.07, 6.45) is 7.98. The monoisotopic (exact) mass is 265 g/mol. The molecule has 5 nitrogen and oxygen atoms in total. The van der Waals surface area contributed by atoms with E-state index in [2.05, 4.69) is 10.3 Å². The first kappa shape index (κ1) is 14.1. The van der Waals surface area contributed by atoms with E-state index in [1.54, 1.807) is 17.0 Å². The van der Waals surface area contributed by atoms with Crippen LogP contribution in [0.1, 0.15) is 45.6 Å². The van der Waals surface area contributed by atoms with Gasteiger partial charge in [-0.05, 0) is 39.7 Å². The van der Waals surface area contributed by atoms with Crippen molar-refractivity contribution in [1.29, 1.82) is 0 Å². The molecule has 1 aromatic rings. The number of hydrogen-bond acceptors (Lipinski definition) is 4. The molecule has 2 heterocycles. The molecule has 106 valence electrons. The zero-order chi connectivity index (χ0) is 13.7. The van der Waals surface area contributed by atoms with Gasteiger partial charge in [0, 0.05) is 24.5 Å². The van der Waals surface area contributed by atoms with Crippen molar-refractivity contribution in [2.45, 2.75) is 51.6 Å².